The van der Waals surface area contributed by atoms with Crippen LogP contribution in [0.25, 0.3) is 22.2 Å². The maximum absolute atomic E-state index is 4.69. The second kappa shape index (κ2) is 4.91. The van der Waals surface area contributed by atoms with Gasteiger partial charge in [-0.05, 0) is 17.7 Å². The number of aromatic nitrogens is 1. The fraction of sp³-hybridized carbons (Fsp3) is 0.0625. The van der Waals surface area contributed by atoms with E-state index in [1.807, 2.05) is 18.2 Å². The zero-order valence-electron chi connectivity index (χ0n) is 9.81. The van der Waals surface area contributed by atoms with Crippen molar-refractivity contribution < 1.29 is 0 Å². The molecule has 0 N–H and O–H groups in total. The molecule has 1 heterocycles. The van der Waals surface area contributed by atoms with E-state index in [1.54, 1.807) is 0 Å². The Morgan fingerprint density at radius 1 is 0.833 bits per heavy atom. The van der Waals surface area contributed by atoms with Crippen molar-refractivity contribution in [3.05, 3.63) is 66.2 Å². The van der Waals surface area contributed by atoms with E-state index >= 15 is 0 Å². The third-order valence-electron chi connectivity index (χ3n) is 3.00. The van der Waals surface area contributed by atoms with Crippen molar-refractivity contribution in [2.24, 2.45) is 0 Å². The molecule has 3 aromatic rings. The third kappa shape index (κ3) is 2.16. The van der Waals surface area contributed by atoms with Crippen LogP contribution in [0.15, 0.2) is 60.7 Å². The monoisotopic (exact) mass is 297 g/mol. The molecular formula is C16H12BrN. The molecule has 2 heteroatoms. The highest BCUT2D eigenvalue weighted by Crippen LogP contribution is 2.21. The van der Waals surface area contributed by atoms with Crippen molar-refractivity contribution in [3.8, 4) is 11.3 Å². The number of pyridine rings is 1. The molecule has 0 radical (unpaired) electrons. The first-order valence-corrected chi connectivity index (χ1v) is 7.00. The van der Waals surface area contributed by atoms with Gasteiger partial charge in [0.25, 0.3) is 0 Å². The number of halogens is 1. The van der Waals surface area contributed by atoms with E-state index in [1.165, 1.54) is 10.9 Å². The van der Waals surface area contributed by atoms with E-state index in [0.717, 1.165) is 22.1 Å². The molecule has 1 aromatic heterocycles. The lowest BCUT2D eigenvalue weighted by Crippen LogP contribution is -1.85. The molecule has 0 saturated carbocycles. The minimum atomic E-state index is 0.887. The highest BCUT2D eigenvalue weighted by molar-refractivity contribution is 9.08. The summed E-state index contributed by atoms with van der Waals surface area (Å²) in [4.78, 5) is 4.69. The Labute approximate surface area is 115 Å². The molecular weight excluding hydrogens is 286 g/mol. The first-order valence-electron chi connectivity index (χ1n) is 5.88. The summed E-state index contributed by atoms with van der Waals surface area (Å²) in [5, 5.41) is 2.07. The summed E-state index contributed by atoms with van der Waals surface area (Å²) >= 11 is 3.46. The number of rotatable bonds is 2. The van der Waals surface area contributed by atoms with Gasteiger partial charge in [-0.25, -0.2) is 4.98 Å². The van der Waals surface area contributed by atoms with Crippen LogP contribution in [0.4, 0.5) is 0 Å². The summed E-state index contributed by atoms with van der Waals surface area (Å²) in [5.41, 5.74) is 4.50. The molecule has 18 heavy (non-hydrogen) atoms. The number of alkyl halides is 1. The maximum Gasteiger partial charge on any atom is 0.0709 e. The van der Waals surface area contributed by atoms with Crippen LogP contribution in [0.2, 0.25) is 0 Å². The number of nitrogens with zero attached hydrogens (tertiary/aromatic N) is 1. The minimum Gasteiger partial charge on any atom is -0.248 e. The van der Waals surface area contributed by atoms with Crippen molar-refractivity contribution in [2.45, 2.75) is 5.33 Å². The molecule has 0 bridgehead atoms. The Bertz CT molecular complexity index is 674. The standard InChI is InChI=1S/C16H12BrN/c17-11-12-5-7-14(8-6-12)16-10-9-13-3-1-2-4-15(13)18-16/h1-10H,11H2. The van der Waals surface area contributed by atoms with Crippen LogP contribution in [0, 0.1) is 0 Å². The average molecular weight is 298 g/mol. The Hall–Kier alpha value is -1.67. The normalized spacial score (nSPS) is 10.7. The topological polar surface area (TPSA) is 12.9 Å². The van der Waals surface area contributed by atoms with E-state index < -0.39 is 0 Å². The van der Waals surface area contributed by atoms with Crippen molar-refractivity contribution in [3.63, 3.8) is 0 Å². The van der Waals surface area contributed by atoms with Gasteiger partial charge in [0, 0.05) is 16.3 Å². The number of hydrogen-bond acceptors (Lipinski definition) is 1. The number of fused-ring (bicyclic) bond motifs is 1. The molecule has 1 nitrogen and oxygen atoms in total. The molecule has 0 fully saturated rings. The molecule has 88 valence electrons. The molecule has 0 aliphatic heterocycles. The van der Waals surface area contributed by atoms with Crippen LogP contribution in [0.1, 0.15) is 5.56 Å². The predicted octanol–water partition coefficient (Wildman–Crippen LogP) is 4.80. The smallest absolute Gasteiger partial charge is 0.0709 e. The molecule has 0 aliphatic rings. The summed E-state index contributed by atoms with van der Waals surface area (Å²) in [6, 6.07) is 20.9. The van der Waals surface area contributed by atoms with Crippen molar-refractivity contribution in [1.29, 1.82) is 0 Å². The molecule has 0 atom stereocenters. The lowest BCUT2D eigenvalue weighted by molar-refractivity contribution is 1.38. The summed E-state index contributed by atoms with van der Waals surface area (Å²) in [6.45, 7) is 0. The Morgan fingerprint density at radius 2 is 1.61 bits per heavy atom. The highest BCUT2D eigenvalue weighted by atomic mass is 79.9. The van der Waals surface area contributed by atoms with E-state index in [4.69, 9.17) is 0 Å². The predicted molar refractivity (Wildman–Crippen MR) is 79.8 cm³/mol. The van der Waals surface area contributed by atoms with Crippen LogP contribution < -0.4 is 0 Å². The fourth-order valence-electron chi connectivity index (χ4n) is 1.99. The van der Waals surface area contributed by atoms with E-state index in [0.29, 0.717) is 0 Å². The van der Waals surface area contributed by atoms with Crippen LogP contribution in [0.5, 0.6) is 0 Å². The van der Waals surface area contributed by atoms with E-state index in [2.05, 4.69) is 63.4 Å². The lowest BCUT2D eigenvalue weighted by atomic mass is 10.1. The average Bonchev–Trinajstić information content (AvgIpc) is 2.47. The molecule has 2 aromatic carbocycles. The van der Waals surface area contributed by atoms with E-state index in [-0.39, 0.29) is 0 Å². The van der Waals surface area contributed by atoms with Gasteiger partial charge in [0.05, 0.1) is 11.2 Å². The van der Waals surface area contributed by atoms with Crippen LogP contribution in [-0.2, 0) is 5.33 Å². The maximum atomic E-state index is 4.69. The first kappa shape index (κ1) is 11.4. The zero-order chi connectivity index (χ0) is 12.4. The Kier molecular flexibility index (Phi) is 3.11. The Balaban J connectivity index is 2.07. The second-order valence-corrected chi connectivity index (χ2v) is 4.78. The van der Waals surface area contributed by atoms with E-state index in [9.17, 15) is 0 Å². The summed E-state index contributed by atoms with van der Waals surface area (Å²) < 4.78 is 0. The van der Waals surface area contributed by atoms with Gasteiger partial charge in [-0.1, -0.05) is 64.5 Å². The molecule has 0 saturated heterocycles. The second-order valence-electron chi connectivity index (χ2n) is 4.22. The van der Waals surface area contributed by atoms with Crippen LogP contribution in [0.3, 0.4) is 0 Å². The van der Waals surface area contributed by atoms with Crippen molar-refractivity contribution in [2.75, 3.05) is 0 Å². The molecule has 0 unspecified atom stereocenters. The lowest BCUT2D eigenvalue weighted by Gasteiger charge is -2.04. The van der Waals surface area contributed by atoms with Crippen LogP contribution in [-0.4, -0.2) is 4.98 Å². The molecule has 0 aliphatic carbocycles. The summed E-state index contributed by atoms with van der Waals surface area (Å²) in [6.07, 6.45) is 0. The van der Waals surface area contributed by atoms with Gasteiger partial charge in [0.15, 0.2) is 0 Å². The largest absolute Gasteiger partial charge is 0.248 e. The van der Waals surface area contributed by atoms with Crippen LogP contribution >= 0.6 is 15.9 Å². The molecule has 0 spiro atoms. The Morgan fingerprint density at radius 3 is 2.39 bits per heavy atom. The molecule has 3 rings (SSSR count). The van der Waals surface area contributed by atoms with Crippen molar-refractivity contribution >= 4 is 26.8 Å². The van der Waals surface area contributed by atoms with Gasteiger partial charge in [-0.3, -0.25) is 0 Å². The van der Waals surface area contributed by atoms with Gasteiger partial charge in [-0.2, -0.15) is 0 Å². The summed E-state index contributed by atoms with van der Waals surface area (Å²) in [5.74, 6) is 0. The SMILES string of the molecule is BrCc1ccc(-c2ccc3ccccc3n2)cc1. The quantitative estimate of drug-likeness (QED) is 0.619. The van der Waals surface area contributed by atoms with Crippen molar-refractivity contribution in [1.82, 2.24) is 4.98 Å². The number of para-hydroxylation sites is 1. The van der Waals surface area contributed by atoms with Gasteiger partial charge in [0.1, 0.15) is 0 Å². The molecule has 0 amide bonds. The zero-order valence-corrected chi connectivity index (χ0v) is 11.4. The number of hydrogen-bond donors (Lipinski definition) is 0. The fourth-order valence-corrected chi connectivity index (χ4v) is 2.37. The minimum absolute atomic E-state index is 0.887. The number of benzene rings is 2. The van der Waals surface area contributed by atoms with Gasteiger partial charge in [-0.15, -0.1) is 0 Å². The first-order chi connectivity index (χ1) is 8.86. The summed E-state index contributed by atoms with van der Waals surface area (Å²) in [7, 11) is 0. The van der Waals surface area contributed by atoms with Gasteiger partial charge >= 0.3 is 0 Å². The third-order valence-corrected chi connectivity index (χ3v) is 3.65. The van der Waals surface area contributed by atoms with Gasteiger partial charge in [0.2, 0.25) is 0 Å². The van der Waals surface area contributed by atoms with Gasteiger partial charge < -0.3 is 0 Å². The highest BCUT2D eigenvalue weighted by Gasteiger charge is 2.01.